The van der Waals surface area contributed by atoms with Crippen molar-refractivity contribution in [1.82, 2.24) is 0 Å². The van der Waals surface area contributed by atoms with Gasteiger partial charge in [-0.05, 0) is 31.5 Å². The molecule has 0 aliphatic carbocycles. The van der Waals surface area contributed by atoms with Crippen LogP contribution < -0.4 is 15.2 Å². The molecule has 2 N–H and O–H groups in total. The molecule has 0 bridgehead atoms. The predicted molar refractivity (Wildman–Crippen MR) is 54.7 cm³/mol. The maximum Gasteiger partial charge on any atom is 0.231 e. The Morgan fingerprint density at radius 3 is 2.67 bits per heavy atom. The van der Waals surface area contributed by atoms with Gasteiger partial charge in [-0.2, -0.15) is 0 Å². The number of hydrogen-bond acceptors (Lipinski definition) is 3. The van der Waals surface area contributed by atoms with Gasteiger partial charge in [-0.3, -0.25) is 0 Å². The van der Waals surface area contributed by atoms with Crippen molar-refractivity contribution in [1.29, 1.82) is 0 Å². The Morgan fingerprint density at radius 2 is 2.07 bits per heavy atom. The lowest BCUT2D eigenvalue weighted by Crippen LogP contribution is -2.07. The number of ether oxygens (including phenoxy) is 2. The van der Waals surface area contributed by atoms with Crippen LogP contribution in [-0.2, 0) is 0 Å². The number of alkyl halides is 1. The molecular formula is C11H14FNO2. The lowest BCUT2D eigenvalue weighted by atomic mass is 10.0. The van der Waals surface area contributed by atoms with Gasteiger partial charge in [-0.1, -0.05) is 0 Å². The molecule has 1 aliphatic heterocycles. The Hall–Kier alpha value is -1.29. The number of halogens is 1. The van der Waals surface area contributed by atoms with Gasteiger partial charge in [0.2, 0.25) is 6.79 Å². The highest BCUT2D eigenvalue weighted by Crippen LogP contribution is 2.40. The first kappa shape index (κ1) is 10.2. The molecule has 0 fully saturated rings. The van der Waals surface area contributed by atoms with Gasteiger partial charge in [0.15, 0.2) is 11.5 Å². The van der Waals surface area contributed by atoms with Crippen molar-refractivity contribution in [3.63, 3.8) is 0 Å². The summed E-state index contributed by atoms with van der Waals surface area (Å²) in [7, 11) is 0. The highest BCUT2D eigenvalue weighted by molar-refractivity contribution is 5.52. The Bertz CT molecular complexity index is 377. The Balaban J connectivity index is 2.52. The second-order valence-corrected chi connectivity index (χ2v) is 3.75. The van der Waals surface area contributed by atoms with Gasteiger partial charge in [0, 0.05) is 11.6 Å². The van der Waals surface area contributed by atoms with E-state index in [-0.39, 0.29) is 12.8 Å². The number of fused-ring (bicyclic) bond motifs is 1. The average Bonchev–Trinajstić information content (AvgIpc) is 2.62. The van der Waals surface area contributed by atoms with Gasteiger partial charge in [0.25, 0.3) is 0 Å². The molecule has 3 nitrogen and oxygen atoms in total. The third kappa shape index (κ3) is 1.77. The molecule has 1 aliphatic rings. The molecule has 0 radical (unpaired) electrons. The van der Waals surface area contributed by atoms with Crippen molar-refractivity contribution in [2.24, 2.45) is 5.73 Å². The molecule has 82 valence electrons. The van der Waals surface area contributed by atoms with Crippen LogP contribution in [0.1, 0.15) is 37.2 Å². The minimum atomic E-state index is -1.03. The summed E-state index contributed by atoms with van der Waals surface area (Å²) in [4.78, 5) is 0. The zero-order valence-electron chi connectivity index (χ0n) is 8.79. The summed E-state index contributed by atoms with van der Waals surface area (Å²) in [6.45, 7) is 3.51. The molecule has 0 spiro atoms. The number of nitrogens with two attached hydrogens (primary N) is 1. The van der Waals surface area contributed by atoms with Crippen LogP contribution in [0, 0.1) is 0 Å². The second kappa shape index (κ2) is 3.70. The van der Waals surface area contributed by atoms with E-state index in [1.165, 1.54) is 6.92 Å². The topological polar surface area (TPSA) is 44.5 Å². The summed E-state index contributed by atoms with van der Waals surface area (Å²) in [5, 5.41) is 0. The number of hydrogen-bond donors (Lipinski definition) is 1. The van der Waals surface area contributed by atoms with Crippen molar-refractivity contribution in [2.45, 2.75) is 26.1 Å². The van der Waals surface area contributed by atoms with Crippen LogP contribution in [0.5, 0.6) is 11.5 Å². The smallest absolute Gasteiger partial charge is 0.231 e. The van der Waals surface area contributed by atoms with Crippen molar-refractivity contribution in [3.8, 4) is 11.5 Å². The fourth-order valence-corrected chi connectivity index (χ4v) is 1.63. The van der Waals surface area contributed by atoms with Crippen LogP contribution in [0.25, 0.3) is 0 Å². The third-order valence-electron chi connectivity index (χ3n) is 2.47. The zero-order valence-corrected chi connectivity index (χ0v) is 8.79. The third-order valence-corrected chi connectivity index (χ3v) is 2.47. The average molecular weight is 211 g/mol. The van der Waals surface area contributed by atoms with Crippen LogP contribution in [0.2, 0.25) is 0 Å². The molecule has 15 heavy (non-hydrogen) atoms. The minimum Gasteiger partial charge on any atom is -0.454 e. The van der Waals surface area contributed by atoms with Crippen LogP contribution in [-0.4, -0.2) is 6.79 Å². The maximum atomic E-state index is 13.2. The molecule has 0 amide bonds. The summed E-state index contributed by atoms with van der Waals surface area (Å²) in [5.74, 6) is 1.23. The van der Waals surface area contributed by atoms with E-state index in [4.69, 9.17) is 15.2 Å². The molecule has 1 heterocycles. The SMILES string of the molecule is CC(N)c1cc(C(C)F)cc2c1OCO2. The Kier molecular flexibility index (Phi) is 2.52. The van der Waals surface area contributed by atoms with Gasteiger partial charge in [0.05, 0.1) is 0 Å². The molecule has 1 aromatic rings. The van der Waals surface area contributed by atoms with Gasteiger partial charge in [-0.25, -0.2) is 4.39 Å². The first-order chi connectivity index (χ1) is 7.09. The largest absolute Gasteiger partial charge is 0.454 e. The van der Waals surface area contributed by atoms with E-state index < -0.39 is 6.17 Å². The van der Waals surface area contributed by atoms with Crippen LogP contribution >= 0.6 is 0 Å². The van der Waals surface area contributed by atoms with Crippen molar-refractivity contribution in [3.05, 3.63) is 23.3 Å². The van der Waals surface area contributed by atoms with E-state index in [1.54, 1.807) is 12.1 Å². The summed E-state index contributed by atoms with van der Waals surface area (Å²) in [6.07, 6.45) is -1.03. The van der Waals surface area contributed by atoms with Crippen molar-refractivity contribution in [2.75, 3.05) is 6.79 Å². The number of benzene rings is 1. The zero-order chi connectivity index (χ0) is 11.0. The first-order valence-electron chi connectivity index (χ1n) is 4.92. The normalized spacial score (nSPS) is 17.6. The fourth-order valence-electron chi connectivity index (χ4n) is 1.63. The molecule has 2 rings (SSSR count). The van der Waals surface area contributed by atoms with E-state index >= 15 is 0 Å². The highest BCUT2D eigenvalue weighted by Gasteiger charge is 2.22. The standard InChI is InChI=1S/C11H14FNO2/c1-6(12)8-3-9(7(2)13)11-10(4-8)14-5-15-11/h3-4,6-7H,5,13H2,1-2H3. The molecule has 1 aromatic carbocycles. The quantitative estimate of drug-likeness (QED) is 0.817. The Morgan fingerprint density at radius 1 is 1.33 bits per heavy atom. The lowest BCUT2D eigenvalue weighted by Gasteiger charge is -2.12. The molecule has 4 heteroatoms. The number of rotatable bonds is 2. The summed E-state index contributed by atoms with van der Waals surface area (Å²) in [5.41, 5.74) is 7.17. The van der Waals surface area contributed by atoms with Gasteiger partial charge >= 0.3 is 0 Å². The molecule has 0 saturated carbocycles. The molecular weight excluding hydrogens is 197 g/mol. The van der Waals surface area contributed by atoms with Crippen LogP contribution in [0.3, 0.4) is 0 Å². The minimum absolute atomic E-state index is 0.180. The monoisotopic (exact) mass is 211 g/mol. The van der Waals surface area contributed by atoms with E-state index in [0.29, 0.717) is 17.1 Å². The maximum absolute atomic E-state index is 13.2. The summed E-state index contributed by atoms with van der Waals surface area (Å²) < 4.78 is 23.7. The Labute approximate surface area is 88.0 Å². The predicted octanol–water partition coefficient (Wildman–Crippen LogP) is 2.47. The van der Waals surface area contributed by atoms with E-state index in [2.05, 4.69) is 0 Å². The first-order valence-corrected chi connectivity index (χ1v) is 4.92. The summed E-state index contributed by atoms with van der Waals surface area (Å²) in [6, 6.07) is 3.21. The highest BCUT2D eigenvalue weighted by atomic mass is 19.1. The van der Waals surface area contributed by atoms with E-state index in [9.17, 15) is 4.39 Å². The molecule has 2 atom stereocenters. The molecule has 0 saturated heterocycles. The van der Waals surface area contributed by atoms with Gasteiger partial charge in [-0.15, -0.1) is 0 Å². The summed E-state index contributed by atoms with van der Waals surface area (Å²) >= 11 is 0. The van der Waals surface area contributed by atoms with E-state index in [1.807, 2.05) is 6.92 Å². The lowest BCUT2D eigenvalue weighted by molar-refractivity contribution is 0.173. The van der Waals surface area contributed by atoms with Gasteiger partial charge < -0.3 is 15.2 Å². The fraction of sp³-hybridized carbons (Fsp3) is 0.455. The van der Waals surface area contributed by atoms with Crippen LogP contribution in [0.4, 0.5) is 4.39 Å². The van der Waals surface area contributed by atoms with Crippen molar-refractivity contribution < 1.29 is 13.9 Å². The van der Waals surface area contributed by atoms with Crippen molar-refractivity contribution >= 4 is 0 Å². The molecule has 2 unspecified atom stereocenters. The van der Waals surface area contributed by atoms with E-state index in [0.717, 1.165) is 5.56 Å². The molecule has 0 aromatic heterocycles. The second-order valence-electron chi connectivity index (χ2n) is 3.75. The van der Waals surface area contributed by atoms with Crippen LogP contribution in [0.15, 0.2) is 12.1 Å². The van der Waals surface area contributed by atoms with Gasteiger partial charge in [0.1, 0.15) is 6.17 Å².